The average Bonchev–Trinajstić information content (AvgIpc) is 1.63. The molecule has 5 aromatic rings. The summed E-state index contributed by atoms with van der Waals surface area (Å²) in [6, 6.07) is 20.3. The van der Waals surface area contributed by atoms with Crippen LogP contribution in [0.25, 0.3) is 16.6 Å². The molecule has 2 unspecified atom stereocenters. The molecule has 3 aliphatic heterocycles. The molecule has 1 aromatic heterocycles. The molecule has 3 aliphatic rings. The summed E-state index contributed by atoms with van der Waals surface area (Å²) in [7, 11) is -3.91. The molecule has 5 N–H and O–H groups in total. The van der Waals surface area contributed by atoms with Gasteiger partial charge in [0.2, 0.25) is 49.0 Å². The number of alkyl halides is 2. The highest BCUT2D eigenvalue weighted by Crippen LogP contribution is 2.67. The highest BCUT2D eigenvalue weighted by Gasteiger charge is 2.56. The van der Waals surface area contributed by atoms with Gasteiger partial charge in [-0.15, -0.1) is 0 Å². The van der Waals surface area contributed by atoms with Gasteiger partial charge < -0.3 is 35.3 Å². The largest absolute Gasteiger partial charge is 0.438 e. The maximum Gasteiger partial charge on any atom is 0.410 e. The van der Waals surface area contributed by atoms with Crippen LogP contribution >= 0.6 is 7.60 Å². The second kappa shape index (κ2) is 31.8. The molecule has 6 amide bonds. The number of piperidine rings is 1. The number of hydrogen-bond acceptors (Lipinski definition) is 16. The van der Waals surface area contributed by atoms with Crippen molar-refractivity contribution in [3.8, 4) is 0 Å². The smallest absolute Gasteiger partial charge is 0.410 e. The van der Waals surface area contributed by atoms with Gasteiger partial charge in [-0.3, -0.25) is 71.3 Å². The van der Waals surface area contributed by atoms with Crippen LogP contribution < -0.4 is 32.3 Å². The molecule has 0 radical (unpaired) electrons. The molecule has 0 saturated carbocycles. The van der Waals surface area contributed by atoms with E-state index in [1.54, 1.807) is 25.5 Å². The number of para-hydroxylation sites is 1. The highest BCUT2D eigenvalue weighted by molar-refractivity contribution is 7.54. The number of hydrogen-bond donors (Lipinski definition) is 4. The third-order valence-corrected chi connectivity index (χ3v) is 19.1. The van der Waals surface area contributed by atoms with E-state index >= 15 is 8.78 Å². The minimum atomic E-state index is -5.60. The van der Waals surface area contributed by atoms with Crippen molar-refractivity contribution in [1.82, 2.24) is 25.1 Å². The Hall–Kier alpha value is -8.22. The Balaban J connectivity index is 0.807. The van der Waals surface area contributed by atoms with E-state index in [1.807, 2.05) is 60.7 Å². The summed E-state index contributed by atoms with van der Waals surface area (Å²) in [6.07, 6.45) is 7.17. The molecule has 23 nitrogen and oxygen atoms in total. The van der Waals surface area contributed by atoms with E-state index in [0.717, 1.165) is 84.0 Å². The summed E-state index contributed by atoms with van der Waals surface area (Å²) in [6.45, 7) is 11.5. The molecule has 8 rings (SSSR count). The van der Waals surface area contributed by atoms with Gasteiger partial charge in [0, 0.05) is 51.2 Å². The van der Waals surface area contributed by atoms with Gasteiger partial charge in [0.15, 0.2) is 0 Å². The molecular formula is C70H88F2N7O16P. The van der Waals surface area contributed by atoms with Crippen molar-refractivity contribution in [1.29, 1.82) is 0 Å². The Morgan fingerprint density at radius 1 is 0.771 bits per heavy atom. The Kier molecular flexibility index (Phi) is 24.3. The molecule has 0 bridgehead atoms. The Labute approximate surface area is 557 Å². The third-order valence-electron chi connectivity index (χ3n) is 17.3. The van der Waals surface area contributed by atoms with Crippen LogP contribution in [0.15, 0.2) is 95.8 Å². The Bertz CT molecular complexity index is 3800. The molecule has 96 heavy (non-hydrogen) atoms. The van der Waals surface area contributed by atoms with Gasteiger partial charge in [-0.05, 0) is 164 Å². The number of carbonyl (C=O) groups excluding carboxylic acids is 8. The van der Waals surface area contributed by atoms with Crippen molar-refractivity contribution in [3.63, 3.8) is 0 Å². The van der Waals surface area contributed by atoms with E-state index in [-0.39, 0.29) is 56.7 Å². The molecule has 1 saturated heterocycles. The van der Waals surface area contributed by atoms with Crippen LogP contribution in [0.5, 0.6) is 0 Å². The Morgan fingerprint density at radius 3 is 2.04 bits per heavy atom. The zero-order valence-corrected chi connectivity index (χ0v) is 56.8. The zero-order valence-electron chi connectivity index (χ0n) is 55.9. The van der Waals surface area contributed by atoms with Crippen LogP contribution in [0.1, 0.15) is 158 Å². The molecule has 1 fully saturated rings. The maximum atomic E-state index is 16.3. The zero-order chi connectivity index (χ0) is 69.9. The van der Waals surface area contributed by atoms with Crippen LogP contribution in [0.3, 0.4) is 0 Å². The second-order valence-electron chi connectivity index (χ2n) is 26.7. The van der Waals surface area contributed by atoms with E-state index < -0.39 is 115 Å². The summed E-state index contributed by atoms with van der Waals surface area (Å²) in [5.41, 5.74) is 5.26. The lowest BCUT2D eigenvalue weighted by molar-refractivity contribution is -0.163. The number of carbonyl (C=O) groups is 8. The standard InChI is InChI=1S/C70H88F2N7O16P/c1-43(48-24-27-51(28-25-48)70(71,72)96(89,94-41-92-65(86)68(3,4)5)95-42-93-66(87)69(6,7)8)37-60(82)74-53-29-26-49-17-13-18-50-39-57(79(61(49)50)64(53)85)63(84)75-52(30-33-58(73)80)44(2)91-40-47-21-19-45(20-22-47)16-14-36-90-35-12-10-11-15-46-23-31-54-56(38-46)77(9)67(88)78(54)55-32-34-59(81)76-62(55)83/h13,17-25,27-28,31,37-38,44,52-53,55,57H,10-12,14-16,26,29-30,32-36,39-42H2,1-9H3,(H2,73,80)(H,74,82)(H,75,84)(H,76,81,83)/b43-37+/t44-,52?,53+,55?,57+/m1/s1. The first-order valence-corrected chi connectivity index (χ1v) is 34.0. The van der Waals surface area contributed by atoms with Gasteiger partial charge in [-0.25, -0.2) is 4.79 Å². The molecular weight excluding hydrogens is 1260 g/mol. The van der Waals surface area contributed by atoms with E-state index in [1.165, 1.54) is 69.2 Å². The summed E-state index contributed by atoms with van der Waals surface area (Å²) in [5.74, 6) is -4.73. The average molecular weight is 1350 g/mol. The number of primary amides is 1. The normalized spacial score (nSPS) is 17.5. The van der Waals surface area contributed by atoms with Gasteiger partial charge in [-0.2, -0.15) is 8.78 Å². The number of ether oxygens (including phenoxy) is 4. The number of anilines is 1. The number of nitrogens with two attached hydrogens (primary N) is 1. The second-order valence-corrected chi connectivity index (χ2v) is 28.8. The number of aryl methyl sites for hydroxylation is 4. The van der Waals surface area contributed by atoms with Gasteiger partial charge in [0.25, 0.3) is 0 Å². The lowest BCUT2D eigenvalue weighted by atomic mass is 9.98. The van der Waals surface area contributed by atoms with Crippen molar-refractivity contribution < 1.29 is 79.7 Å². The number of imide groups is 1. The number of nitrogens with zero attached hydrogens (tertiary/aromatic N) is 3. The number of rotatable bonds is 31. The molecule has 0 aliphatic carbocycles. The van der Waals surface area contributed by atoms with Crippen LogP contribution in [0.4, 0.5) is 14.5 Å². The number of imidazole rings is 1. The fourth-order valence-electron chi connectivity index (χ4n) is 11.6. The quantitative estimate of drug-likeness (QED) is 0.00802. The van der Waals surface area contributed by atoms with Crippen molar-refractivity contribution in [2.45, 2.75) is 181 Å². The number of aromatic nitrogens is 2. The first-order chi connectivity index (χ1) is 45.4. The summed E-state index contributed by atoms with van der Waals surface area (Å²) < 4.78 is 81.5. The number of fused-ring (bicyclic) bond motifs is 1. The fraction of sp³-hybridized carbons (Fsp3) is 0.500. The summed E-state index contributed by atoms with van der Waals surface area (Å²) >= 11 is 0. The topological polar surface area (TPSA) is 301 Å². The van der Waals surface area contributed by atoms with Crippen LogP contribution in [0.2, 0.25) is 0 Å². The molecule has 0 spiro atoms. The minimum Gasteiger partial charge on any atom is -0.438 e. The first-order valence-electron chi connectivity index (χ1n) is 32.4. The molecule has 4 aromatic carbocycles. The van der Waals surface area contributed by atoms with Crippen molar-refractivity contribution in [2.75, 3.05) is 31.7 Å². The number of esters is 2. The number of amides is 6. The van der Waals surface area contributed by atoms with Gasteiger partial charge >= 0.3 is 30.9 Å². The monoisotopic (exact) mass is 1350 g/mol. The van der Waals surface area contributed by atoms with Crippen molar-refractivity contribution >= 4 is 77.3 Å². The predicted molar refractivity (Wildman–Crippen MR) is 353 cm³/mol. The lowest BCUT2D eigenvalue weighted by Gasteiger charge is -2.31. The fourth-order valence-corrected chi connectivity index (χ4v) is 12.9. The summed E-state index contributed by atoms with van der Waals surface area (Å²) in [4.78, 5) is 119. The third kappa shape index (κ3) is 18.3. The van der Waals surface area contributed by atoms with Crippen LogP contribution in [-0.2, 0) is 116 Å². The molecule has 26 heteroatoms. The van der Waals surface area contributed by atoms with E-state index in [9.17, 15) is 47.7 Å². The highest BCUT2D eigenvalue weighted by atomic mass is 31.2. The minimum absolute atomic E-state index is 0.0514. The number of unbranched alkanes of at least 4 members (excludes halogenated alkanes) is 2. The molecule has 518 valence electrons. The van der Waals surface area contributed by atoms with Crippen molar-refractivity contribution in [2.24, 2.45) is 23.6 Å². The van der Waals surface area contributed by atoms with Gasteiger partial charge in [0.05, 0.1) is 46.3 Å². The SMILES string of the molecule is C/C(=C\C(=O)N[C@H]1CCc2cccc3c2N(C1=O)[C@H](C(=O)NC(CCC(N)=O)[C@@H](C)OCc1ccc(CCCOCCCCCc2ccc4c(c2)n(C)c(=O)n4C2CCC(=O)NC2=O)cc1)C3)c1ccc(C(F)(F)P(=O)(OCOC(=O)C(C)(C)C)OCOC(=O)C(C)(C)C)cc1. The van der Waals surface area contributed by atoms with Crippen LogP contribution in [-0.4, -0.2) is 108 Å². The summed E-state index contributed by atoms with van der Waals surface area (Å²) in [5, 5.41) is 8.20. The maximum absolute atomic E-state index is 16.3. The number of halogens is 2. The molecule has 4 heterocycles. The van der Waals surface area contributed by atoms with Crippen LogP contribution in [0, 0.1) is 10.8 Å². The number of nitrogens with one attached hydrogen (secondary N) is 3. The first kappa shape index (κ1) is 73.6. The van der Waals surface area contributed by atoms with E-state index in [4.69, 9.17) is 33.7 Å². The number of benzene rings is 4. The Morgan fingerprint density at radius 2 is 1.40 bits per heavy atom. The predicted octanol–water partition coefficient (Wildman–Crippen LogP) is 9.20. The lowest BCUT2D eigenvalue weighted by Crippen LogP contribution is -2.56. The van der Waals surface area contributed by atoms with Gasteiger partial charge in [-0.1, -0.05) is 79.2 Å². The number of allylic oxidation sites excluding steroid dienone is 1. The van der Waals surface area contributed by atoms with Gasteiger partial charge in [0.1, 0.15) is 18.1 Å². The van der Waals surface area contributed by atoms with E-state index in [0.29, 0.717) is 42.0 Å². The molecule has 5 atom stereocenters. The van der Waals surface area contributed by atoms with E-state index in [2.05, 4.69) is 16.0 Å². The van der Waals surface area contributed by atoms with Crippen molar-refractivity contribution in [3.05, 3.63) is 140 Å².